The van der Waals surface area contributed by atoms with Crippen LogP contribution in [0.3, 0.4) is 0 Å². The van der Waals surface area contributed by atoms with Gasteiger partial charge in [-0.05, 0) is 65.4 Å². The van der Waals surface area contributed by atoms with Crippen molar-refractivity contribution in [2.45, 2.75) is 6.92 Å². The molecule has 0 bridgehead atoms. The van der Waals surface area contributed by atoms with Crippen molar-refractivity contribution < 1.29 is 9.59 Å². The van der Waals surface area contributed by atoms with Gasteiger partial charge in [-0.25, -0.2) is 4.98 Å². The average Bonchev–Trinajstić information content (AvgIpc) is 2.44. The quantitative estimate of drug-likeness (QED) is 0.449. The number of pyridine rings is 1. The Morgan fingerprint density at radius 3 is 2.43 bits per heavy atom. The van der Waals surface area contributed by atoms with Crippen molar-refractivity contribution in [3.8, 4) is 0 Å². The van der Waals surface area contributed by atoms with E-state index >= 15 is 0 Å². The van der Waals surface area contributed by atoms with E-state index < -0.39 is 11.8 Å². The Morgan fingerprint density at radius 2 is 1.81 bits per heavy atom. The molecule has 5 nitrogen and oxygen atoms in total. The van der Waals surface area contributed by atoms with Gasteiger partial charge in [-0.15, -0.1) is 0 Å². The molecule has 2 N–H and O–H groups in total. The van der Waals surface area contributed by atoms with Gasteiger partial charge in [-0.1, -0.05) is 11.6 Å². The van der Waals surface area contributed by atoms with E-state index in [-0.39, 0.29) is 5.15 Å². The third-order valence-electron chi connectivity index (χ3n) is 2.65. The molecule has 0 radical (unpaired) electrons. The third kappa shape index (κ3) is 4.15. The third-order valence-corrected chi connectivity index (χ3v) is 3.62. The zero-order chi connectivity index (χ0) is 15.4. The summed E-state index contributed by atoms with van der Waals surface area (Å²) in [5.41, 5.74) is 1.76. The highest BCUT2D eigenvalue weighted by molar-refractivity contribution is 14.1. The molecule has 2 aromatic rings. The summed E-state index contributed by atoms with van der Waals surface area (Å²) >= 11 is 7.99. The molecule has 1 aromatic heterocycles. The molecule has 2 amide bonds. The second-order valence-electron chi connectivity index (χ2n) is 4.21. The molecule has 0 aliphatic carbocycles. The van der Waals surface area contributed by atoms with Gasteiger partial charge in [0.15, 0.2) is 5.15 Å². The summed E-state index contributed by atoms with van der Waals surface area (Å²) in [6.45, 7) is 1.85. The first-order chi connectivity index (χ1) is 9.97. The van der Waals surface area contributed by atoms with Gasteiger partial charge in [0.1, 0.15) is 0 Å². The molecule has 0 aliphatic heterocycles. The molecule has 21 heavy (non-hydrogen) atoms. The maximum Gasteiger partial charge on any atom is 0.314 e. The zero-order valence-electron chi connectivity index (χ0n) is 11.0. The Balaban J connectivity index is 2.06. The number of carbonyl (C=O) groups excluding carboxylic acids is 2. The van der Waals surface area contributed by atoms with Crippen molar-refractivity contribution in [1.29, 1.82) is 0 Å². The van der Waals surface area contributed by atoms with Crippen molar-refractivity contribution in [1.82, 2.24) is 4.98 Å². The van der Waals surface area contributed by atoms with Crippen molar-refractivity contribution in [2.24, 2.45) is 0 Å². The summed E-state index contributed by atoms with van der Waals surface area (Å²) in [4.78, 5) is 27.5. The number of aryl methyl sites for hydroxylation is 1. The van der Waals surface area contributed by atoms with Crippen LogP contribution < -0.4 is 10.6 Å². The number of aromatic nitrogens is 1. The molecule has 0 spiro atoms. The summed E-state index contributed by atoms with van der Waals surface area (Å²) in [5, 5.41) is 5.10. The fraction of sp³-hybridized carbons (Fsp3) is 0.0714. The summed E-state index contributed by atoms with van der Waals surface area (Å²) in [5.74, 6) is -1.57. The monoisotopic (exact) mass is 415 g/mol. The van der Waals surface area contributed by atoms with E-state index in [1.165, 1.54) is 6.20 Å². The molecule has 0 aliphatic rings. The molecule has 0 fully saturated rings. The first-order valence-electron chi connectivity index (χ1n) is 5.96. The minimum atomic E-state index is -0.803. The SMILES string of the molecule is Cc1cc(I)ccc1NC(=O)C(=O)Nc1cccnc1Cl. The van der Waals surface area contributed by atoms with E-state index in [1.54, 1.807) is 18.2 Å². The van der Waals surface area contributed by atoms with Crippen LogP contribution in [0.25, 0.3) is 0 Å². The topological polar surface area (TPSA) is 71.1 Å². The molecule has 108 valence electrons. The molecule has 2 rings (SSSR count). The summed E-state index contributed by atoms with van der Waals surface area (Å²) in [6, 6.07) is 8.68. The molecule has 7 heteroatoms. The maximum absolute atomic E-state index is 11.9. The van der Waals surface area contributed by atoms with Gasteiger partial charge in [0.2, 0.25) is 0 Å². The van der Waals surface area contributed by atoms with Crippen molar-refractivity contribution >= 4 is 57.4 Å². The molecule has 0 saturated heterocycles. The second-order valence-corrected chi connectivity index (χ2v) is 5.81. The van der Waals surface area contributed by atoms with Gasteiger partial charge >= 0.3 is 11.8 Å². The Morgan fingerprint density at radius 1 is 1.14 bits per heavy atom. The number of rotatable bonds is 2. The van der Waals surface area contributed by atoms with Gasteiger partial charge in [-0.3, -0.25) is 9.59 Å². The lowest BCUT2D eigenvalue weighted by atomic mass is 10.2. The highest BCUT2D eigenvalue weighted by Crippen LogP contribution is 2.19. The van der Waals surface area contributed by atoms with Gasteiger partial charge in [0.05, 0.1) is 5.69 Å². The number of halogens is 2. The number of nitrogens with one attached hydrogen (secondary N) is 2. The Bertz CT molecular complexity index is 706. The molecule has 1 heterocycles. The van der Waals surface area contributed by atoms with Crippen LogP contribution in [0.1, 0.15) is 5.56 Å². The van der Waals surface area contributed by atoms with Crippen LogP contribution >= 0.6 is 34.2 Å². The molecular formula is C14H11ClIN3O2. The van der Waals surface area contributed by atoms with E-state index in [9.17, 15) is 9.59 Å². The first kappa shape index (κ1) is 15.7. The zero-order valence-corrected chi connectivity index (χ0v) is 13.9. The van der Waals surface area contributed by atoms with E-state index in [1.807, 2.05) is 19.1 Å². The van der Waals surface area contributed by atoms with Crippen LogP contribution in [-0.2, 0) is 9.59 Å². The predicted octanol–water partition coefficient (Wildman–Crippen LogP) is 3.23. The lowest BCUT2D eigenvalue weighted by molar-refractivity contribution is -0.133. The fourth-order valence-corrected chi connectivity index (χ4v) is 2.42. The summed E-state index contributed by atoms with van der Waals surface area (Å²) in [7, 11) is 0. The van der Waals surface area contributed by atoms with Crippen molar-refractivity contribution in [2.75, 3.05) is 10.6 Å². The van der Waals surface area contributed by atoms with Crippen molar-refractivity contribution in [3.63, 3.8) is 0 Å². The van der Waals surface area contributed by atoms with Crippen LogP contribution in [0.5, 0.6) is 0 Å². The van der Waals surface area contributed by atoms with Crippen LogP contribution in [0, 0.1) is 10.5 Å². The van der Waals surface area contributed by atoms with Gasteiger partial charge in [0, 0.05) is 15.5 Å². The lowest BCUT2D eigenvalue weighted by Gasteiger charge is -2.09. The Hall–Kier alpha value is -1.67. The van der Waals surface area contributed by atoms with E-state index in [0.29, 0.717) is 11.4 Å². The standard InChI is InChI=1S/C14H11ClIN3O2/c1-8-7-9(16)4-5-10(8)18-13(20)14(21)19-11-3-2-6-17-12(11)15/h2-7H,1H3,(H,18,20)(H,19,21). The van der Waals surface area contributed by atoms with Gasteiger partial charge < -0.3 is 10.6 Å². The maximum atomic E-state index is 11.9. The Kier molecular flexibility index (Phi) is 5.13. The van der Waals surface area contributed by atoms with E-state index in [2.05, 4.69) is 38.2 Å². The molecule has 0 unspecified atom stereocenters. The molecule has 0 saturated carbocycles. The average molecular weight is 416 g/mol. The number of carbonyl (C=O) groups is 2. The number of benzene rings is 1. The largest absolute Gasteiger partial charge is 0.318 e. The smallest absolute Gasteiger partial charge is 0.314 e. The molecule has 0 atom stereocenters. The van der Waals surface area contributed by atoms with Crippen LogP contribution in [-0.4, -0.2) is 16.8 Å². The number of hydrogen-bond acceptors (Lipinski definition) is 3. The van der Waals surface area contributed by atoms with Crippen LogP contribution in [0.15, 0.2) is 36.5 Å². The number of nitrogens with zero attached hydrogens (tertiary/aromatic N) is 1. The molecular weight excluding hydrogens is 405 g/mol. The lowest BCUT2D eigenvalue weighted by Crippen LogP contribution is -2.29. The minimum absolute atomic E-state index is 0.129. The highest BCUT2D eigenvalue weighted by atomic mass is 127. The number of hydrogen-bond donors (Lipinski definition) is 2. The molecule has 1 aromatic carbocycles. The highest BCUT2D eigenvalue weighted by Gasteiger charge is 2.16. The van der Waals surface area contributed by atoms with Gasteiger partial charge in [0.25, 0.3) is 0 Å². The Labute approximate surface area is 140 Å². The second kappa shape index (κ2) is 6.86. The van der Waals surface area contributed by atoms with Crippen LogP contribution in [0.2, 0.25) is 5.15 Å². The minimum Gasteiger partial charge on any atom is -0.318 e. The number of amides is 2. The normalized spacial score (nSPS) is 10.0. The first-order valence-corrected chi connectivity index (χ1v) is 7.42. The van der Waals surface area contributed by atoms with Gasteiger partial charge in [-0.2, -0.15) is 0 Å². The summed E-state index contributed by atoms with van der Waals surface area (Å²) in [6.07, 6.45) is 1.49. The van der Waals surface area contributed by atoms with Crippen LogP contribution in [0.4, 0.5) is 11.4 Å². The number of anilines is 2. The fourth-order valence-electron chi connectivity index (χ4n) is 1.60. The predicted molar refractivity (Wildman–Crippen MR) is 90.4 cm³/mol. The summed E-state index contributed by atoms with van der Waals surface area (Å²) < 4.78 is 1.05. The van der Waals surface area contributed by atoms with Crippen molar-refractivity contribution in [3.05, 3.63) is 50.8 Å². The van der Waals surface area contributed by atoms with E-state index in [4.69, 9.17) is 11.6 Å². The van der Waals surface area contributed by atoms with E-state index in [0.717, 1.165) is 9.13 Å².